The minimum atomic E-state index is -4.95. The summed E-state index contributed by atoms with van der Waals surface area (Å²) in [6, 6.07) is 0. The fraction of sp³-hybridized carbons (Fsp3) is 0.942. The van der Waals surface area contributed by atoms with Gasteiger partial charge in [0.05, 0.1) is 26.4 Å². The maximum absolute atomic E-state index is 13.0. The monoisotopic (exact) mass is 1300 g/mol. The van der Waals surface area contributed by atoms with Crippen LogP contribution < -0.4 is 0 Å². The van der Waals surface area contributed by atoms with E-state index >= 15 is 0 Å². The molecule has 3 N–H and O–H groups in total. The topological polar surface area (TPSA) is 237 Å². The SMILES string of the molecule is CCCCCCCCCCCCCCCCCCCCCC(=O)O[C@H](COC(=O)CCCCCCCCCCCCCCC)COP(=O)(O)OC[C@@H](O)COP(=O)(O)OC[C@@H](COC(=O)CCCCCCC)OC(=O)CCCCCCCCCCCCC. The van der Waals surface area contributed by atoms with Crippen LogP contribution in [-0.2, 0) is 65.4 Å². The third-order valence-corrected chi connectivity index (χ3v) is 18.0. The smallest absolute Gasteiger partial charge is 0.462 e. The van der Waals surface area contributed by atoms with E-state index in [1.165, 1.54) is 186 Å². The number of unbranched alkanes of at least 4 members (excludes halogenated alkanes) is 44. The number of rotatable bonds is 70. The number of hydrogen-bond acceptors (Lipinski definition) is 15. The van der Waals surface area contributed by atoms with Crippen molar-refractivity contribution in [3.8, 4) is 0 Å². The quantitative estimate of drug-likeness (QED) is 0.0222. The third-order valence-electron chi connectivity index (χ3n) is 16.1. The summed E-state index contributed by atoms with van der Waals surface area (Å²) in [7, 11) is -9.88. The van der Waals surface area contributed by atoms with Crippen molar-refractivity contribution < 1.29 is 80.2 Å². The lowest BCUT2D eigenvalue weighted by atomic mass is 10.0. The maximum atomic E-state index is 13.0. The summed E-state index contributed by atoms with van der Waals surface area (Å²) in [6.45, 7) is 4.85. The van der Waals surface area contributed by atoms with Gasteiger partial charge in [-0.15, -0.1) is 0 Å². The molecule has 0 bridgehead atoms. The number of carbonyl (C=O) groups is 4. The standard InChI is InChI=1S/C69H134O17P2/c1-5-9-13-17-20-23-26-28-29-30-31-32-33-35-38-41-44-48-52-56-69(74)86-65(60-80-67(72)54-50-46-42-39-37-34-27-24-21-18-14-10-6-2)62-84-88(77,78)82-58-63(70)57-81-87(75,76)83-61-64(59-79-66(71)53-49-45-16-12-8-4)85-68(73)55-51-47-43-40-36-25-22-19-15-11-7-3/h63-65,70H,5-62H2,1-4H3,(H,75,76)(H,77,78)/t63-,64+,65+/m0/s1. The second-order valence-corrected chi connectivity index (χ2v) is 27.8. The molecule has 0 aliphatic rings. The van der Waals surface area contributed by atoms with Gasteiger partial charge in [0.25, 0.3) is 0 Å². The van der Waals surface area contributed by atoms with Crippen molar-refractivity contribution in [2.45, 2.75) is 380 Å². The van der Waals surface area contributed by atoms with Crippen LogP contribution in [0.3, 0.4) is 0 Å². The summed E-state index contributed by atoms with van der Waals surface area (Å²) in [6.07, 6.45) is 51.7. The fourth-order valence-corrected chi connectivity index (χ4v) is 12.1. The molecule has 0 saturated heterocycles. The highest BCUT2D eigenvalue weighted by Crippen LogP contribution is 2.45. The van der Waals surface area contributed by atoms with Gasteiger partial charge in [-0.1, -0.05) is 310 Å². The molecule has 5 atom stereocenters. The van der Waals surface area contributed by atoms with Crippen molar-refractivity contribution in [1.29, 1.82) is 0 Å². The van der Waals surface area contributed by atoms with Crippen LogP contribution in [0.1, 0.15) is 362 Å². The van der Waals surface area contributed by atoms with Crippen molar-refractivity contribution in [2.24, 2.45) is 0 Å². The molecule has 0 saturated carbocycles. The molecule has 0 radical (unpaired) electrons. The Balaban J connectivity index is 5.13. The van der Waals surface area contributed by atoms with Crippen LogP contribution in [0.4, 0.5) is 0 Å². The third kappa shape index (κ3) is 62.8. The van der Waals surface area contributed by atoms with Gasteiger partial charge in [-0.2, -0.15) is 0 Å². The van der Waals surface area contributed by atoms with Gasteiger partial charge < -0.3 is 33.8 Å². The average molecular weight is 1300 g/mol. The van der Waals surface area contributed by atoms with Crippen molar-refractivity contribution in [3.05, 3.63) is 0 Å². The zero-order valence-corrected chi connectivity index (χ0v) is 58.5. The van der Waals surface area contributed by atoms with Gasteiger partial charge in [-0.3, -0.25) is 37.3 Å². The first-order valence-electron chi connectivity index (χ1n) is 36.3. The van der Waals surface area contributed by atoms with Crippen molar-refractivity contribution in [3.63, 3.8) is 0 Å². The van der Waals surface area contributed by atoms with E-state index in [4.69, 9.17) is 37.0 Å². The lowest BCUT2D eigenvalue weighted by Crippen LogP contribution is -2.30. The van der Waals surface area contributed by atoms with Gasteiger partial charge in [0, 0.05) is 25.7 Å². The maximum Gasteiger partial charge on any atom is 0.472 e. The van der Waals surface area contributed by atoms with Gasteiger partial charge >= 0.3 is 39.5 Å². The highest BCUT2D eigenvalue weighted by Gasteiger charge is 2.30. The van der Waals surface area contributed by atoms with Crippen LogP contribution in [0.2, 0.25) is 0 Å². The van der Waals surface area contributed by atoms with E-state index in [0.717, 1.165) is 96.3 Å². The van der Waals surface area contributed by atoms with Crippen LogP contribution in [0, 0.1) is 0 Å². The minimum Gasteiger partial charge on any atom is -0.462 e. The lowest BCUT2D eigenvalue weighted by Gasteiger charge is -2.21. The summed E-state index contributed by atoms with van der Waals surface area (Å²) < 4.78 is 68.0. The Morgan fingerprint density at radius 2 is 0.455 bits per heavy atom. The molecule has 0 fully saturated rings. The summed E-state index contributed by atoms with van der Waals surface area (Å²) in [4.78, 5) is 72.2. The number of aliphatic hydroxyl groups excluding tert-OH is 1. The van der Waals surface area contributed by atoms with E-state index in [1.54, 1.807) is 0 Å². The van der Waals surface area contributed by atoms with E-state index < -0.39 is 97.5 Å². The molecule has 0 aliphatic carbocycles. The van der Waals surface area contributed by atoms with E-state index in [-0.39, 0.29) is 25.7 Å². The molecule has 17 nitrogen and oxygen atoms in total. The van der Waals surface area contributed by atoms with Gasteiger partial charge in [-0.25, -0.2) is 9.13 Å². The summed E-state index contributed by atoms with van der Waals surface area (Å²) in [5, 5.41) is 10.5. The number of aliphatic hydroxyl groups is 1. The number of phosphoric ester groups is 2. The van der Waals surface area contributed by atoms with Crippen LogP contribution in [0.5, 0.6) is 0 Å². The number of phosphoric acid groups is 2. The zero-order valence-electron chi connectivity index (χ0n) is 56.7. The Morgan fingerprint density at radius 3 is 0.670 bits per heavy atom. The normalized spacial score (nSPS) is 14.0. The minimum absolute atomic E-state index is 0.106. The molecule has 0 aromatic carbocycles. The number of esters is 4. The molecule has 88 heavy (non-hydrogen) atoms. The van der Waals surface area contributed by atoms with E-state index in [0.29, 0.717) is 25.7 Å². The molecule has 0 rings (SSSR count). The van der Waals surface area contributed by atoms with Crippen molar-refractivity contribution in [1.82, 2.24) is 0 Å². The van der Waals surface area contributed by atoms with Crippen LogP contribution in [0.25, 0.3) is 0 Å². The van der Waals surface area contributed by atoms with Crippen LogP contribution >= 0.6 is 15.6 Å². The molecule has 0 heterocycles. The zero-order chi connectivity index (χ0) is 64.7. The molecule has 522 valence electrons. The molecule has 0 aromatic rings. The fourth-order valence-electron chi connectivity index (χ4n) is 10.5. The van der Waals surface area contributed by atoms with E-state index in [2.05, 4.69) is 27.7 Å². The highest BCUT2D eigenvalue weighted by molar-refractivity contribution is 7.47. The Morgan fingerprint density at radius 1 is 0.273 bits per heavy atom. The van der Waals surface area contributed by atoms with E-state index in [1.807, 2.05) is 0 Å². The predicted molar refractivity (Wildman–Crippen MR) is 354 cm³/mol. The average Bonchev–Trinajstić information content (AvgIpc) is 3.60. The summed E-state index contributed by atoms with van der Waals surface area (Å²) in [5.41, 5.74) is 0. The molecular weight excluding hydrogens is 1160 g/mol. The molecule has 19 heteroatoms. The first-order chi connectivity index (χ1) is 42.7. The second kappa shape index (κ2) is 63.8. The van der Waals surface area contributed by atoms with Crippen LogP contribution in [0.15, 0.2) is 0 Å². The molecule has 0 aliphatic heterocycles. The Bertz CT molecular complexity index is 1690. The van der Waals surface area contributed by atoms with E-state index in [9.17, 15) is 43.2 Å². The molecule has 0 aromatic heterocycles. The first kappa shape index (κ1) is 86.1. The molecule has 0 amide bonds. The lowest BCUT2D eigenvalue weighted by molar-refractivity contribution is -0.161. The van der Waals surface area contributed by atoms with Gasteiger partial charge in [0.2, 0.25) is 0 Å². The second-order valence-electron chi connectivity index (χ2n) is 24.9. The Kier molecular flexibility index (Phi) is 62.4. The Hall–Kier alpha value is -1.94. The number of ether oxygens (including phenoxy) is 4. The Labute approximate surface area is 537 Å². The number of hydrogen-bond donors (Lipinski definition) is 3. The predicted octanol–water partition coefficient (Wildman–Crippen LogP) is 19.9. The van der Waals surface area contributed by atoms with Gasteiger partial charge in [0.15, 0.2) is 12.2 Å². The van der Waals surface area contributed by atoms with Crippen LogP contribution in [-0.4, -0.2) is 96.7 Å². The highest BCUT2D eigenvalue weighted by atomic mass is 31.2. The molecule has 0 spiro atoms. The van der Waals surface area contributed by atoms with Gasteiger partial charge in [-0.05, 0) is 25.7 Å². The number of carbonyl (C=O) groups excluding carboxylic acids is 4. The summed E-state index contributed by atoms with van der Waals surface area (Å²) >= 11 is 0. The first-order valence-corrected chi connectivity index (χ1v) is 39.3. The van der Waals surface area contributed by atoms with Crippen molar-refractivity contribution in [2.75, 3.05) is 39.6 Å². The molecular formula is C69H134O17P2. The largest absolute Gasteiger partial charge is 0.472 e. The molecule has 2 unspecified atom stereocenters. The summed E-state index contributed by atoms with van der Waals surface area (Å²) in [5.74, 6) is -2.13. The van der Waals surface area contributed by atoms with Crippen molar-refractivity contribution >= 4 is 39.5 Å². The van der Waals surface area contributed by atoms with Gasteiger partial charge in [0.1, 0.15) is 19.3 Å².